The van der Waals surface area contributed by atoms with Crippen molar-refractivity contribution in [2.24, 2.45) is 0 Å². The summed E-state index contributed by atoms with van der Waals surface area (Å²) >= 11 is 1.50. The molecule has 0 N–H and O–H groups in total. The Hall–Kier alpha value is -1.13. The van der Waals surface area contributed by atoms with Gasteiger partial charge in [0.1, 0.15) is 0 Å². The van der Waals surface area contributed by atoms with Crippen molar-refractivity contribution in [1.29, 1.82) is 0 Å². The van der Waals surface area contributed by atoms with Crippen LogP contribution in [0.5, 0.6) is 0 Å². The molecule has 17 heavy (non-hydrogen) atoms. The standard InChI is InChI=1S/C13H17NO2S/c1-2-3-8-16-9-7-14-6-4-12(15)13-11(14)5-10-17-13/h4-6,10H,2-3,7-9H2,1H3. The van der Waals surface area contributed by atoms with Crippen LogP contribution in [0.3, 0.4) is 0 Å². The van der Waals surface area contributed by atoms with Gasteiger partial charge in [0.2, 0.25) is 0 Å². The summed E-state index contributed by atoms with van der Waals surface area (Å²) in [5, 5.41) is 1.96. The van der Waals surface area contributed by atoms with Gasteiger partial charge in [-0.05, 0) is 17.9 Å². The van der Waals surface area contributed by atoms with Gasteiger partial charge < -0.3 is 9.30 Å². The van der Waals surface area contributed by atoms with Gasteiger partial charge >= 0.3 is 0 Å². The van der Waals surface area contributed by atoms with Crippen molar-refractivity contribution in [1.82, 2.24) is 4.57 Å². The quantitative estimate of drug-likeness (QED) is 0.739. The summed E-state index contributed by atoms with van der Waals surface area (Å²) in [6, 6.07) is 3.62. The van der Waals surface area contributed by atoms with Gasteiger partial charge in [0, 0.05) is 25.4 Å². The highest BCUT2D eigenvalue weighted by atomic mass is 32.1. The normalized spacial score (nSPS) is 11.1. The topological polar surface area (TPSA) is 31.2 Å². The third-order valence-electron chi connectivity index (χ3n) is 2.70. The Morgan fingerprint density at radius 2 is 2.24 bits per heavy atom. The first-order valence-electron chi connectivity index (χ1n) is 5.97. The highest BCUT2D eigenvalue weighted by Gasteiger charge is 2.03. The molecule has 4 heteroatoms. The second kappa shape index (κ2) is 5.98. The highest BCUT2D eigenvalue weighted by Crippen LogP contribution is 2.16. The number of thiophene rings is 1. The zero-order chi connectivity index (χ0) is 12.1. The lowest BCUT2D eigenvalue weighted by Gasteiger charge is -2.08. The molecule has 2 heterocycles. The fourth-order valence-electron chi connectivity index (χ4n) is 1.73. The molecule has 0 spiro atoms. The number of nitrogens with zero attached hydrogens (tertiary/aromatic N) is 1. The lowest BCUT2D eigenvalue weighted by atomic mass is 10.3. The molecule has 3 nitrogen and oxygen atoms in total. The van der Waals surface area contributed by atoms with Gasteiger partial charge in [0.05, 0.1) is 16.8 Å². The molecule has 0 radical (unpaired) electrons. The predicted octanol–water partition coefficient (Wildman–Crippen LogP) is 2.88. The van der Waals surface area contributed by atoms with E-state index in [1.165, 1.54) is 11.3 Å². The van der Waals surface area contributed by atoms with Crippen molar-refractivity contribution in [2.45, 2.75) is 26.3 Å². The summed E-state index contributed by atoms with van der Waals surface area (Å²) in [5.41, 5.74) is 1.12. The Morgan fingerprint density at radius 3 is 3.06 bits per heavy atom. The van der Waals surface area contributed by atoms with E-state index in [1.807, 2.05) is 17.6 Å². The molecule has 0 bridgehead atoms. The molecule has 0 atom stereocenters. The molecule has 0 aliphatic carbocycles. The van der Waals surface area contributed by atoms with E-state index < -0.39 is 0 Å². The van der Waals surface area contributed by atoms with Crippen molar-refractivity contribution in [3.63, 3.8) is 0 Å². The third kappa shape index (κ3) is 2.96. The van der Waals surface area contributed by atoms with Crippen LogP contribution in [0.2, 0.25) is 0 Å². The van der Waals surface area contributed by atoms with Crippen LogP contribution < -0.4 is 5.43 Å². The summed E-state index contributed by atoms with van der Waals surface area (Å²) in [5.74, 6) is 0. The third-order valence-corrected chi connectivity index (χ3v) is 3.62. The minimum Gasteiger partial charge on any atom is -0.380 e. The Labute approximate surface area is 105 Å². The fraction of sp³-hybridized carbons (Fsp3) is 0.462. The number of fused-ring (bicyclic) bond motifs is 1. The lowest BCUT2D eigenvalue weighted by Crippen LogP contribution is -2.10. The zero-order valence-corrected chi connectivity index (χ0v) is 10.8. The molecule has 0 unspecified atom stereocenters. The molecule has 2 aromatic heterocycles. The van der Waals surface area contributed by atoms with E-state index in [2.05, 4.69) is 11.5 Å². The Balaban J connectivity index is 2.01. The monoisotopic (exact) mass is 251 g/mol. The molecule has 0 aromatic carbocycles. The molecule has 2 aromatic rings. The molecule has 0 saturated carbocycles. The number of hydrogen-bond acceptors (Lipinski definition) is 3. The minimum atomic E-state index is 0.109. The van der Waals surface area contributed by atoms with E-state index >= 15 is 0 Å². The highest BCUT2D eigenvalue weighted by molar-refractivity contribution is 7.17. The maximum absolute atomic E-state index is 11.6. The van der Waals surface area contributed by atoms with E-state index in [1.54, 1.807) is 6.07 Å². The van der Waals surface area contributed by atoms with E-state index in [4.69, 9.17) is 4.74 Å². The first-order valence-corrected chi connectivity index (χ1v) is 6.85. The summed E-state index contributed by atoms with van der Waals surface area (Å²) < 4.78 is 8.45. The number of rotatable bonds is 6. The SMILES string of the molecule is CCCCOCCn1ccc(=O)c2sccc21. The van der Waals surface area contributed by atoms with E-state index in [0.717, 1.165) is 36.2 Å². The first kappa shape index (κ1) is 12.3. The number of pyridine rings is 1. The molecule has 0 saturated heterocycles. The molecule has 0 fully saturated rings. The molecule has 0 amide bonds. The first-order chi connectivity index (χ1) is 8.33. The van der Waals surface area contributed by atoms with Crippen molar-refractivity contribution >= 4 is 21.6 Å². The molecule has 2 rings (SSSR count). The van der Waals surface area contributed by atoms with Crippen LogP contribution in [-0.2, 0) is 11.3 Å². The van der Waals surface area contributed by atoms with Gasteiger partial charge in [0.25, 0.3) is 0 Å². The van der Waals surface area contributed by atoms with Gasteiger partial charge in [-0.15, -0.1) is 11.3 Å². The largest absolute Gasteiger partial charge is 0.380 e. The molecule has 92 valence electrons. The van der Waals surface area contributed by atoms with E-state index in [-0.39, 0.29) is 5.43 Å². The number of unbranched alkanes of at least 4 members (excludes halogenated alkanes) is 1. The smallest absolute Gasteiger partial charge is 0.199 e. The maximum atomic E-state index is 11.6. The Kier molecular flexibility index (Phi) is 4.34. The average molecular weight is 251 g/mol. The maximum Gasteiger partial charge on any atom is 0.199 e. The Bertz CT molecular complexity index is 529. The van der Waals surface area contributed by atoms with Gasteiger partial charge in [-0.25, -0.2) is 0 Å². The van der Waals surface area contributed by atoms with Crippen LogP contribution in [0.4, 0.5) is 0 Å². The second-order valence-corrected chi connectivity index (χ2v) is 4.89. The van der Waals surface area contributed by atoms with E-state index in [9.17, 15) is 4.79 Å². The van der Waals surface area contributed by atoms with Crippen LogP contribution >= 0.6 is 11.3 Å². The van der Waals surface area contributed by atoms with Crippen molar-refractivity contribution in [2.75, 3.05) is 13.2 Å². The molecule has 0 aliphatic rings. The zero-order valence-electron chi connectivity index (χ0n) is 10.0. The summed E-state index contributed by atoms with van der Waals surface area (Å²) in [7, 11) is 0. The minimum absolute atomic E-state index is 0.109. The van der Waals surface area contributed by atoms with Gasteiger partial charge in [-0.3, -0.25) is 4.79 Å². The van der Waals surface area contributed by atoms with Crippen LogP contribution in [-0.4, -0.2) is 17.8 Å². The number of aromatic nitrogens is 1. The van der Waals surface area contributed by atoms with Gasteiger partial charge in [0.15, 0.2) is 5.43 Å². The van der Waals surface area contributed by atoms with Gasteiger partial charge in [-0.1, -0.05) is 13.3 Å². The second-order valence-electron chi connectivity index (χ2n) is 3.97. The van der Waals surface area contributed by atoms with Crippen LogP contribution in [0.25, 0.3) is 10.2 Å². The van der Waals surface area contributed by atoms with Crippen LogP contribution in [0.15, 0.2) is 28.5 Å². The van der Waals surface area contributed by atoms with Crippen molar-refractivity contribution in [3.8, 4) is 0 Å². The van der Waals surface area contributed by atoms with E-state index in [0.29, 0.717) is 6.61 Å². The molecular formula is C13H17NO2S. The summed E-state index contributed by atoms with van der Waals surface area (Å²) in [6.45, 7) is 4.48. The lowest BCUT2D eigenvalue weighted by molar-refractivity contribution is 0.124. The summed E-state index contributed by atoms with van der Waals surface area (Å²) in [4.78, 5) is 11.6. The summed E-state index contributed by atoms with van der Waals surface area (Å²) in [6.07, 6.45) is 4.12. The molecule has 0 aliphatic heterocycles. The van der Waals surface area contributed by atoms with Gasteiger partial charge in [-0.2, -0.15) is 0 Å². The number of hydrogen-bond donors (Lipinski definition) is 0. The van der Waals surface area contributed by atoms with Crippen LogP contribution in [0.1, 0.15) is 19.8 Å². The average Bonchev–Trinajstić information content (AvgIpc) is 2.81. The molecular weight excluding hydrogens is 234 g/mol. The number of ether oxygens (including phenoxy) is 1. The predicted molar refractivity (Wildman–Crippen MR) is 71.8 cm³/mol. The van der Waals surface area contributed by atoms with Crippen molar-refractivity contribution in [3.05, 3.63) is 33.9 Å². The van der Waals surface area contributed by atoms with Crippen LogP contribution in [0, 0.1) is 0 Å². The van der Waals surface area contributed by atoms with Crippen molar-refractivity contribution < 1.29 is 4.74 Å². The Morgan fingerprint density at radius 1 is 1.35 bits per heavy atom. The fourth-order valence-corrected chi connectivity index (χ4v) is 2.56.